The average molecular weight is 325 g/mol. The Bertz CT molecular complexity index is 658. The second-order valence-corrected chi connectivity index (χ2v) is 5.72. The van der Waals surface area contributed by atoms with Crippen LogP contribution in [0.2, 0.25) is 10.0 Å². The molecule has 1 aliphatic rings. The lowest BCUT2D eigenvalue weighted by Crippen LogP contribution is -2.16. The fourth-order valence-electron chi connectivity index (χ4n) is 2.33. The summed E-state index contributed by atoms with van der Waals surface area (Å²) in [4.78, 5) is 0. The Morgan fingerprint density at radius 1 is 1.10 bits per heavy atom. The molecule has 1 unspecified atom stereocenters. The molecule has 1 aliphatic heterocycles. The summed E-state index contributed by atoms with van der Waals surface area (Å²) in [5.74, 6) is 1.12. The van der Waals surface area contributed by atoms with Crippen LogP contribution in [0.1, 0.15) is 17.2 Å². The van der Waals surface area contributed by atoms with Crippen molar-refractivity contribution < 1.29 is 14.6 Å². The van der Waals surface area contributed by atoms with Crippen molar-refractivity contribution >= 4 is 23.2 Å². The predicted molar refractivity (Wildman–Crippen MR) is 82.6 cm³/mol. The van der Waals surface area contributed by atoms with Crippen LogP contribution >= 0.6 is 23.2 Å². The molecule has 0 saturated heterocycles. The first-order valence-electron chi connectivity index (χ1n) is 6.65. The van der Waals surface area contributed by atoms with Gasteiger partial charge in [-0.2, -0.15) is 0 Å². The third-order valence-electron chi connectivity index (χ3n) is 3.32. The highest BCUT2D eigenvalue weighted by atomic mass is 35.5. The highest BCUT2D eigenvalue weighted by Crippen LogP contribution is 2.40. The molecule has 1 atom stereocenters. The van der Waals surface area contributed by atoms with Gasteiger partial charge in [0, 0.05) is 11.4 Å². The maximum atomic E-state index is 10.4. The Morgan fingerprint density at radius 2 is 1.90 bits per heavy atom. The number of benzene rings is 2. The summed E-state index contributed by atoms with van der Waals surface area (Å²) in [6.07, 6.45) is -0.229. The van der Waals surface area contributed by atoms with Gasteiger partial charge in [-0.25, -0.2) is 0 Å². The van der Waals surface area contributed by atoms with Crippen molar-refractivity contribution in [3.05, 3.63) is 57.6 Å². The van der Waals surface area contributed by atoms with E-state index in [1.165, 1.54) is 0 Å². The number of ether oxygens (including phenoxy) is 2. The van der Waals surface area contributed by atoms with Crippen molar-refractivity contribution in [2.75, 3.05) is 13.2 Å². The van der Waals surface area contributed by atoms with Crippen LogP contribution in [0, 0.1) is 0 Å². The first kappa shape index (κ1) is 14.5. The molecule has 2 aromatic rings. The van der Waals surface area contributed by atoms with Crippen LogP contribution in [0.5, 0.6) is 11.5 Å². The van der Waals surface area contributed by atoms with E-state index in [1.54, 1.807) is 18.2 Å². The van der Waals surface area contributed by atoms with Gasteiger partial charge >= 0.3 is 0 Å². The van der Waals surface area contributed by atoms with Crippen LogP contribution < -0.4 is 9.47 Å². The van der Waals surface area contributed by atoms with E-state index in [9.17, 15) is 5.11 Å². The molecule has 5 heteroatoms. The van der Waals surface area contributed by atoms with E-state index in [0.717, 1.165) is 5.56 Å². The molecule has 1 heterocycles. The maximum absolute atomic E-state index is 10.4. The molecule has 3 rings (SSSR count). The van der Waals surface area contributed by atoms with Crippen molar-refractivity contribution in [3.8, 4) is 11.5 Å². The fourth-order valence-corrected chi connectivity index (χ4v) is 2.81. The van der Waals surface area contributed by atoms with E-state index in [1.807, 2.05) is 18.2 Å². The summed E-state index contributed by atoms with van der Waals surface area (Å²) < 4.78 is 11.0. The molecule has 0 amide bonds. The average Bonchev–Trinajstić information content (AvgIpc) is 2.47. The quantitative estimate of drug-likeness (QED) is 0.926. The maximum Gasteiger partial charge on any atom is 0.179 e. The minimum atomic E-state index is -0.684. The second kappa shape index (κ2) is 6.14. The smallest absolute Gasteiger partial charge is 0.179 e. The van der Waals surface area contributed by atoms with E-state index >= 15 is 0 Å². The van der Waals surface area contributed by atoms with Gasteiger partial charge in [0.05, 0.1) is 11.1 Å². The van der Waals surface area contributed by atoms with Crippen molar-refractivity contribution in [2.24, 2.45) is 0 Å². The Labute approximate surface area is 133 Å². The largest absolute Gasteiger partial charge is 0.486 e. The summed E-state index contributed by atoms with van der Waals surface area (Å²) in [6, 6.07) is 10.9. The Hall–Kier alpha value is -1.42. The zero-order valence-electron chi connectivity index (χ0n) is 11.2. The number of aliphatic hydroxyl groups is 1. The van der Waals surface area contributed by atoms with Crippen LogP contribution in [0.3, 0.4) is 0 Å². The molecule has 2 aromatic carbocycles. The lowest BCUT2D eigenvalue weighted by atomic mass is 10.0. The molecule has 0 aliphatic carbocycles. The van der Waals surface area contributed by atoms with Gasteiger partial charge in [-0.1, -0.05) is 35.3 Å². The highest BCUT2D eigenvalue weighted by Gasteiger charge is 2.19. The van der Waals surface area contributed by atoms with Crippen LogP contribution in [-0.2, 0) is 6.42 Å². The monoisotopic (exact) mass is 324 g/mol. The van der Waals surface area contributed by atoms with E-state index in [4.69, 9.17) is 32.7 Å². The van der Waals surface area contributed by atoms with Gasteiger partial charge in [0.1, 0.15) is 13.2 Å². The number of hydrogen-bond donors (Lipinski definition) is 1. The van der Waals surface area contributed by atoms with Gasteiger partial charge in [0.2, 0.25) is 0 Å². The molecule has 0 saturated carbocycles. The number of fused-ring (bicyclic) bond motifs is 1. The van der Waals surface area contributed by atoms with Gasteiger partial charge in [-0.3, -0.25) is 0 Å². The molecule has 110 valence electrons. The topological polar surface area (TPSA) is 38.7 Å². The second-order valence-electron chi connectivity index (χ2n) is 4.88. The van der Waals surface area contributed by atoms with Crippen molar-refractivity contribution in [1.82, 2.24) is 0 Å². The van der Waals surface area contributed by atoms with Crippen molar-refractivity contribution in [2.45, 2.75) is 12.5 Å². The first-order chi connectivity index (χ1) is 10.1. The molecular formula is C16H14Cl2O3. The van der Waals surface area contributed by atoms with Crippen LogP contribution in [-0.4, -0.2) is 18.3 Å². The Balaban J connectivity index is 1.84. The minimum absolute atomic E-state index is 0.451. The van der Waals surface area contributed by atoms with Crippen LogP contribution in [0.25, 0.3) is 0 Å². The lowest BCUT2D eigenvalue weighted by molar-refractivity contribution is 0.164. The predicted octanol–water partition coefficient (Wildman–Crippen LogP) is 4.04. The normalized spacial score (nSPS) is 14.8. The van der Waals surface area contributed by atoms with E-state index in [-0.39, 0.29) is 0 Å². The first-order valence-corrected chi connectivity index (χ1v) is 7.40. The van der Waals surface area contributed by atoms with Crippen LogP contribution in [0.15, 0.2) is 36.4 Å². The van der Waals surface area contributed by atoms with Gasteiger partial charge < -0.3 is 14.6 Å². The summed E-state index contributed by atoms with van der Waals surface area (Å²) in [5.41, 5.74) is 1.66. The Morgan fingerprint density at radius 3 is 2.71 bits per heavy atom. The summed E-state index contributed by atoms with van der Waals surface area (Å²) in [7, 11) is 0. The zero-order chi connectivity index (χ0) is 14.8. The molecular weight excluding hydrogens is 311 g/mol. The summed E-state index contributed by atoms with van der Waals surface area (Å²) in [5, 5.41) is 11.5. The minimum Gasteiger partial charge on any atom is -0.486 e. The van der Waals surface area contributed by atoms with E-state index < -0.39 is 6.10 Å². The zero-order valence-corrected chi connectivity index (χ0v) is 12.7. The fraction of sp³-hybridized carbons (Fsp3) is 0.250. The van der Waals surface area contributed by atoms with Crippen LogP contribution in [0.4, 0.5) is 0 Å². The van der Waals surface area contributed by atoms with Gasteiger partial charge in [-0.05, 0) is 35.4 Å². The molecule has 0 aromatic heterocycles. The van der Waals surface area contributed by atoms with Gasteiger partial charge in [0.25, 0.3) is 0 Å². The number of hydrogen-bond acceptors (Lipinski definition) is 3. The van der Waals surface area contributed by atoms with E-state index in [2.05, 4.69) is 0 Å². The molecule has 21 heavy (non-hydrogen) atoms. The number of rotatable bonds is 3. The summed E-state index contributed by atoms with van der Waals surface area (Å²) in [6.45, 7) is 0.967. The van der Waals surface area contributed by atoms with Crippen molar-refractivity contribution in [3.63, 3.8) is 0 Å². The van der Waals surface area contributed by atoms with E-state index in [0.29, 0.717) is 46.7 Å². The lowest BCUT2D eigenvalue weighted by Gasteiger charge is -2.21. The Kier molecular flexibility index (Phi) is 4.24. The highest BCUT2D eigenvalue weighted by molar-refractivity contribution is 6.32. The molecule has 0 radical (unpaired) electrons. The number of halogens is 2. The van der Waals surface area contributed by atoms with Gasteiger partial charge in [0.15, 0.2) is 11.5 Å². The van der Waals surface area contributed by atoms with Crippen molar-refractivity contribution in [1.29, 1.82) is 0 Å². The third kappa shape index (κ3) is 3.26. The molecule has 0 bridgehead atoms. The molecule has 0 fully saturated rings. The molecule has 1 N–H and O–H groups in total. The molecule has 3 nitrogen and oxygen atoms in total. The number of aliphatic hydroxyl groups excluding tert-OH is 1. The molecule has 0 spiro atoms. The standard InChI is InChI=1S/C16H14Cl2O3/c17-12-3-1-2-10(6-12)7-14(19)11-8-13(18)16-15(9-11)20-4-5-21-16/h1-3,6,8-9,14,19H,4-5,7H2. The SMILES string of the molecule is OC(Cc1cccc(Cl)c1)c1cc(Cl)c2c(c1)OCCO2. The third-order valence-corrected chi connectivity index (χ3v) is 3.84. The summed E-state index contributed by atoms with van der Waals surface area (Å²) >= 11 is 12.1. The van der Waals surface area contributed by atoms with Gasteiger partial charge in [-0.15, -0.1) is 0 Å².